The van der Waals surface area contributed by atoms with Gasteiger partial charge in [-0.15, -0.1) is 0 Å². The summed E-state index contributed by atoms with van der Waals surface area (Å²) in [7, 11) is 0. The Bertz CT molecular complexity index is 1510. The fourth-order valence-electron chi connectivity index (χ4n) is 3.79. The molecule has 4 rings (SSSR count). The van der Waals surface area contributed by atoms with Gasteiger partial charge in [0.1, 0.15) is 23.3 Å². The van der Waals surface area contributed by atoms with E-state index in [1.54, 1.807) is 19.9 Å². The van der Waals surface area contributed by atoms with Crippen LogP contribution < -0.4 is 0 Å². The summed E-state index contributed by atoms with van der Waals surface area (Å²) < 4.78 is 99.0. The highest BCUT2D eigenvalue weighted by atomic mass is 19.2. The molecule has 0 aliphatic heterocycles. The number of hydrogen-bond acceptors (Lipinski definition) is 0. The number of aryl methyl sites for hydroxylation is 2. The minimum absolute atomic E-state index is 0.00328. The van der Waals surface area contributed by atoms with Gasteiger partial charge in [-0.3, -0.25) is 0 Å². The molecule has 182 valence electrons. The van der Waals surface area contributed by atoms with E-state index < -0.39 is 46.3 Å². The van der Waals surface area contributed by atoms with Gasteiger partial charge in [-0.05, 0) is 78.1 Å². The molecule has 0 spiro atoms. The molecule has 0 saturated carbocycles. The normalized spacial score (nSPS) is 10.8. The van der Waals surface area contributed by atoms with E-state index in [0.717, 1.165) is 18.2 Å². The molecule has 0 radical (unpaired) electrons. The maximum atomic E-state index is 14.8. The van der Waals surface area contributed by atoms with Gasteiger partial charge in [-0.1, -0.05) is 30.9 Å². The van der Waals surface area contributed by atoms with Crippen LogP contribution in [0.4, 0.5) is 30.7 Å². The van der Waals surface area contributed by atoms with E-state index in [2.05, 4.69) is 11.8 Å². The third kappa shape index (κ3) is 4.85. The Morgan fingerprint density at radius 3 is 1.72 bits per heavy atom. The Kier molecular flexibility index (Phi) is 6.89. The highest BCUT2D eigenvalue weighted by Crippen LogP contribution is 2.30. The fourth-order valence-corrected chi connectivity index (χ4v) is 3.79. The first-order chi connectivity index (χ1) is 17.1. The van der Waals surface area contributed by atoms with Crippen molar-refractivity contribution >= 4 is 0 Å². The maximum Gasteiger partial charge on any atom is 0.194 e. The molecular weight excluding hydrogens is 481 g/mol. The zero-order chi connectivity index (χ0) is 26.1. The molecule has 0 unspecified atom stereocenters. The lowest BCUT2D eigenvalue weighted by molar-refractivity contribution is 0.447. The lowest BCUT2D eigenvalue weighted by Crippen LogP contribution is -1.97. The van der Waals surface area contributed by atoms with Crippen LogP contribution in [0.25, 0.3) is 22.3 Å². The minimum Gasteiger partial charge on any atom is -0.206 e. The Hall–Kier alpha value is -4.05. The van der Waals surface area contributed by atoms with Crippen LogP contribution in [0.15, 0.2) is 54.6 Å². The summed E-state index contributed by atoms with van der Waals surface area (Å²) in [5, 5.41) is 0. The molecule has 4 aromatic carbocycles. The van der Waals surface area contributed by atoms with Crippen molar-refractivity contribution in [3.05, 3.63) is 118 Å². The first-order valence-electron chi connectivity index (χ1n) is 10.8. The Labute approximate surface area is 203 Å². The number of halogens is 7. The molecule has 0 bridgehead atoms. The second kappa shape index (κ2) is 9.90. The molecule has 0 nitrogen and oxygen atoms in total. The Morgan fingerprint density at radius 1 is 0.583 bits per heavy atom. The van der Waals surface area contributed by atoms with Crippen molar-refractivity contribution in [2.24, 2.45) is 0 Å². The molecule has 0 heterocycles. The van der Waals surface area contributed by atoms with Crippen molar-refractivity contribution in [1.29, 1.82) is 0 Å². The van der Waals surface area contributed by atoms with Crippen LogP contribution in [0.1, 0.15) is 29.2 Å². The lowest BCUT2D eigenvalue weighted by Gasteiger charge is -2.10. The van der Waals surface area contributed by atoms with Crippen LogP contribution in [0.5, 0.6) is 0 Å². The van der Waals surface area contributed by atoms with E-state index in [1.165, 1.54) is 18.2 Å². The summed E-state index contributed by atoms with van der Waals surface area (Å²) in [4.78, 5) is 0. The topological polar surface area (TPSA) is 0 Å². The Morgan fingerprint density at radius 2 is 1.14 bits per heavy atom. The van der Waals surface area contributed by atoms with E-state index in [4.69, 9.17) is 0 Å². The van der Waals surface area contributed by atoms with Gasteiger partial charge in [0.25, 0.3) is 0 Å². The summed E-state index contributed by atoms with van der Waals surface area (Å²) in [5.41, 5.74) is 0.234. The van der Waals surface area contributed by atoms with Gasteiger partial charge in [0.2, 0.25) is 0 Å². The molecule has 0 atom stereocenters. The SMILES string of the molecule is CCc1cc(-c2cc(F)c(F)c(F)c2)c(F)cc1C#Cc1c(F)cc(-c2ccc(C)cc2F)cc1F. The number of hydrogen-bond donors (Lipinski definition) is 0. The summed E-state index contributed by atoms with van der Waals surface area (Å²) >= 11 is 0. The predicted molar refractivity (Wildman–Crippen MR) is 124 cm³/mol. The maximum absolute atomic E-state index is 14.8. The third-order valence-corrected chi connectivity index (χ3v) is 5.67. The molecule has 0 amide bonds. The zero-order valence-electron chi connectivity index (χ0n) is 19.0. The monoisotopic (exact) mass is 498 g/mol. The average molecular weight is 498 g/mol. The summed E-state index contributed by atoms with van der Waals surface area (Å²) in [6.07, 6.45) is 0.306. The quantitative estimate of drug-likeness (QED) is 0.152. The lowest BCUT2D eigenvalue weighted by atomic mass is 9.96. The summed E-state index contributed by atoms with van der Waals surface area (Å²) in [6.45, 7) is 3.39. The second-order valence-electron chi connectivity index (χ2n) is 8.14. The van der Waals surface area contributed by atoms with Crippen molar-refractivity contribution in [1.82, 2.24) is 0 Å². The highest BCUT2D eigenvalue weighted by molar-refractivity contribution is 5.68. The smallest absolute Gasteiger partial charge is 0.194 e. The molecule has 0 aliphatic rings. The predicted octanol–water partition coefficient (Wildman–Crippen LogP) is 8.26. The molecule has 0 fully saturated rings. The fraction of sp³-hybridized carbons (Fsp3) is 0.103. The van der Waals surface area contributed by atoms with E-state index in [1.807, 2.05) is 0 Å². The molecule has 0 aliphatic carbocycles. The molecule has 0 aromatic heterocycles. The van der Waals surface area contributed by atoms with Gasteiger partial charge >= 0.3 is 0 Å². The minimum atomic E-state index is -1.67. The average Bonchev–Trinajstić information content (AvgIpc) is 2.81. The first kappa shape index (κ1) is 25.1. The van der Waals surface area contributed by atoms with E-state index >= 15 is 0 Å². The Balaban J connectivity index is 1.74. The van der Waals surface area contributed by atoms with E-state index in [9.17, 15) is 30.7 Å². The molecule has 4 aromatic rings. The van der Waals surface area contributed by atoms with Crippen molar-refractivity contribution < 1.29 is 30.7 Å². The van der Waals surface area contributed by atoms with E-state index in [0.29, 0.717) is 29.7 Å². The van der Waals surface area contributed by atoms with E-state index in [-0.39, 0.29) is 27.8 Å². The largest absolute Gasteiger partial charge is 0.206 e. The van der Waals surface area contributed by atoms with Crippen LogP contribution >= 0.6 is 0 Å². The van der Waals surface area contributed by atoms with Gasteiger partial charge in [-0.2, -0.15) is 0 Å². The number of rotatable bonds is 3. The first-order valence-corrected chi connectivity index (χ1v) is 10.8. The number of benzene rings is 4. The molecule has 7 heteroatoms. The molecule has 0 N–H and O–H groups in total. The molecule has 36 heavy (non-hydrogen) atoms. The zero-order valence-corrected chi connectivity index (χ0v) is 19.0. The van der Waals surface area contributed by atoms with Crippen molar-refractivity contribution in [3.63, 3.8) is 0 Å². The van der Waals surface area contributed by atoms with Crippen LogP contribution in [-0.2, 0) is 6.42 Å². The van der Waals surface area contributed by atoms with Crippen LogP contribution in [0.2, 0.25) is 0 Å². The van der Waals surface area contributed by atoms with Crippen molar-refractivity contribution in [2.75, 3.05) is 0 Å². The summed E-state index contributed by atoms with van der Waals surface area (Å²) in [5.74, 6) is -3.29. The second-order valence-corrected chi connectivity index (χ2v) is 8.14. The van der Waals surface area contributed by atoms with Gasteiger partial charge in [0.05, 0.1) is 5.56 Å². The molecular formula is C29H17F7. The van der Waals surface area contributed by atoms with Crippen molar-refractivity contribution in [3.8, 4) is 34.1 Å². The molecule has 0 saturated heterocycles. The van der Waals surface area contributed by atoms with Gasteiger partial charge < -0.3 is 0 Å². The van der Waals surface area contributed by atoms with Crippen LogP contribution in [0.3, 0.4) is 0 Å². The third-order valence-electron chi connectivity index (χ3n) is 5.67. The standard InChI is InChI=1S/C29H17F7/c1-3-16-9-22(19-13-27(34)29(36)28(35)14-19)26(33)10-17(16)5-7-21-24(31)11-18(12-25(21)32)20-6-4-15(2)8-23(20)30/h4,6,8-14H,3H2,1-2H3. The van der Waals surface area contributed by atoms with Gasteiger partial charge in [-0.25, -0.2) is 30.7 Å². The van der Waals surface area contributed by atoms with Crippen molar-refractivity contribution in [2.45, 2.75) is 20.3 Å². The highest BCUT2D eigenvalue weighted by Gasteiger charge is 2.17. The van der Waals surface area contributed by atoms with Crippen LogP contribution in [0, 0.1) is 59.5 Å². The van der Waals surface area contributed by atoms with Crippen LogP contribution in [-0.4, -0.2) is 0 Å². The summed E-state index contributed by atoms with van der Waals surface area (Å²) in [6, 6.07) is 9.81. The van der Waals surface area contributed by atoms with Gasteiger partial charge in [0, 0.05) is 16.7 Å². The van der Waals surface area contributed by atoms with Gasteiger partial charge in [0.15, 0.2) is 17.5 Å².